The van der Waals surface area contributed by atoms with Crippen molar-refractivity contribution < 1.29 is 19.4 Å². The van der Waals surface area contributed by atoms with Gasteiger partial charge in [-0.15, -0.1) is 0 Å². The fourth-order valence-electron chi connectivity index (χ4n) is 2.17. The van der Waals surface area contributed by atoms with Gasteiger partial charge in [0.05, 0.1) is 17.4 Å². The van der Waals surface area contributed by atoms with E-state index in [0.717, 1.165) is 0 Å². The van der Waals surface area contributed by atoms with Gasteiger partial charge in [-0.25, -0.2) is 9.18 Å². The van der Waals surface area contributed by atoms with Crippen LogP contribution in [0.2, 0.25) is 0 Å². The molecule has 1 saturated carbocycles. The van der Waals surface area contributed by atoms with Gasteiger partial charge in [0, 0.05) is 11.5 Å². The van der Waals surface area contributed by atoms with E-state index < -0.39 is 23.3 Å². The number of aliphatic hydroxyl groups is 1. The van der Waals surface area contributed by atoms with Crippen molar-refractivity contribution in [1.82, 2.24) is 0 Å². The van der Waals surface area contributed by atoms with E-state index in [4.69, 9.17) is 5.11 Å². The van der Waals surface area contributed by atoms with E-state index in [1.165, 1.54) is 18.2 Å². The second kappa shape index (κ2) is 4.24. The first-order valence-corrected chi connectivity index (χ1v) is 5.80. The molecule has 2 rings (SSSR count). The smallest absolute Gasteiger partial charge is 0.337 e. The minimum Gasteiger partial charge on any atom is -0.478 e. The van der Waals surface area contributed by atoms with Crippen molar-refractivity contribution in [3.05, 3.63) is 29.6 Å². The fourth-order valence-corrected chi connectivity index (χ4v) is 2.17. The summed E-state index contributed by atoms with van der Waals surface area (Å²) in [5, 5.41) is 21.5. The number of nitrogens with one attached hydrogen (secondary N) is 1. The first-order chi connectivity index (χ1) is 8.34. The van der Waals surface area contributed by atoms with E-state index >= 15 is 0 Å². The van der Waals surface area contributed by atoms with Crippen LogP contribution in [0.15, 0.2) is 18.2 Å². The van der Waals surface area contributed by atoms with Gasteiger partial charge in [-0.2, -0.15) is 0 Å². The Morgan fingerprint density at radius 1 is 1.50 bits per heavy atom. The van der Waals surface area contributed by atoms with Crippen LogP contribution in [0.1, 0.15) is 30.6 Å². The molecule has 0 radical (unpaired) electrons. The highest BCUT2D eigenvalue weighted by Gasteiger charge is 2.47. The predicted molar refractivity (Wildman–Crippen MR) is 65.2 cm³/mol. The van der Waals surface area contributed by atoms with Crippen LogP contribution >= 0.6 is 0 Å². The van der Waals surface area contributed by atoms with Crippen LogP contribution in [-0.2, 0) is 0 Å². The third-order valence-corrected chi connectivity index (χ3v) is 3.78. The normalized spacial score (nSPS) is 25.3. The van der Waals surface area contributed by atoms with Gasteiger partial charge in [-0.1, -0.05) is 19.9 Å². The SMILES string of the molecule is CC1(C)C(O)CC1Nc1c(F)cccc1C(=O)O. The van der Waals surface area contributed by atoms with E-state index in [1.54, 1.807) is 0 Å². The summed E-state index contributed by atoms with van der Waals surface area (Å²) in [5.74, 6) is -1.76. The summed E-state index contributed by atoms with van der Waals surface area (Å²) in [6.45, 7) is 3.72. The molecular weight excluding hydrogens is 237 g/mol. The molecule has 18 heavy (non-hydrogen) atoms. The molecule has 0 bridgehead atoms. The van der Waals surface area contributed by atoms with E-state index in [9.17, 15) is 14.3 Å². The molecule has 1 fully saturated rings. The largest absolute Gasteiger partial charge is 0.478 e. The van der Waals surface area contributed by atoms with Crippen molar-refractivity contribution in [3.8, 4) is 0 Å². The lowest BCUT2D eigenvalue weighted by atomic mass is 9.64. The van der Waals surface area contributed by atoms with Crippen LogP contribution < -0.4 is 5.32 Å². The van der Waals surface area contributed by atoms with Crippen molar-refractivity contribution >= 4 is 11.7 Å². The molecule has 1 aromatic rings. The van der Waals surface area contributed by atoms with Crippen molar-refractivity contribution in [3.63, 3.8) is 0 Å². The molecule has 3 N–H and O–H groups in total. The Hall–Kier alpha value is -1.62. The third-order valence-electron chi connectivity index (χ3n) is 3.78. The topological polar surface area (TPSA) is 69.6 Å². The van der Waals surface area contributed by atoms with Crippen molar-refractivity contribution in [2.75, 3.05) is 5.32 Å². The molecule has 4 nitrogen and oxygen atoms in total. The predicted octanol–water partition coefficient (Wildman–Crippen LogP) is 2.10. The molecule has 5 heteroatoms. The minimum atomic E-state index is -1.17. The minimum absolute atomic E-state index is 0.00465. The first kappa shape index (κ1) is 12.8. The quantitative estimate of drug-likeness (QED) is 0.771. The van der Waals surface area contributed by atoms with Gasteiger partial charge in [0.15, 0.2) is 0 Å². The lowest BCUT2D eigenvalue weighted by Crippen LogP contribution is -2.57. The Morgan fingerprint density at radius 3 is 2.67 bits per heavy atom. The Balaban J connectivity index is 2.27. The Bertz CT molecular complexity index is 487. The summed E-state index contributed by atoms with van der Waals surface area (Å²) < 4.78 is 13.7. The summed E-state index contributed by atoms with van der Waals surface area (Å²) in [5.41, 5.74) is -0.486. The van der Waals surface area contributed by atoms with Crippen LogP contribution in [-0.4, -0.2) is 28.3 Å². The molecule has 0 saturated heterocycles. The summed E-state index contributed by atoms with van der Waals surface area (Å²) in [7, 11) is 0. The number of hydrogen-bond donors (Lipinski definition) is 3. The maximum atomic E-state index is 13.7. The van der Waals surface area contributed by atoms with Crippen LogP contribution in [0.4, 0.5) is 10.1 Å². The van der Waals surface area contributed by atoms with Crippen molar-refractivity contribution in [2.45, 2.75) is 32.4 Å². The molecule has 0 amide bonds. The number of anilines is 1. The third kappa shape index (κ3) is 1.95. The number of aliphatic hydroxyl groups excluding tert-OH is 1. The van der Waals surface area contributed by atoms with Crippen molar-refractivity contribution in [1.29, 1.82) is 0 Å². The number of halogens is 1. The van der Waals surface area contributed by atoms with E-state index in [1.807, 2.05) is 13.8 Å². The number of rotatable bonds is 3. The van der Waals surface area contributed by atoms with Crippen LogP contribution in [0.25, 0.3) is 0 Å². The fraction of sp³-hybridized carbons (Fsp3) is 0.462. The van der Waals surface area contributed by atoms with Gasteiger partial charge in [0.25, 0.3) is 0 Å². The number of para-hydroxylation sites is 1. The molecule has 0 spiro atoms. The van der Waals surface area contributed by atoms with Gasteiger partial charge >= 0.3 is 5.97 Å². The molecule has 0 aromatic heterocycles. The zero-order chi connectivity index (χ0) is 13.5. The van der Waals surface area contributed by atoms with Gasteiger partial charge in [0.1, 0.15) is 5.82 Å². The molecule has 2 atom stereocenters. The average molecular weight is 253 g/mol. The average Bonchev–Trinajstić information content (AvgIpc) is 2.30. The van der Waals surface area contributed by atoms with Gasteiger partial charge in [-0.3, -0.25) is 0 Å². The molecule has 98 valence electrons. The number of hydrogen-bond acceptors (Lipinski definition) is 3. The standard InChI is InChI=1S/C13H16FNO3/c1-13(2)9(6-10(13)16)15-11-7(12(17)18)4-3-5-8(11)14/h3-5,9-10,15-16H,6H2,1-2H3,(H,17,18). The summed E-state index contributed by atoms with van der Waals surface area (Å²) in [4.78, 5) is 11.0. The number of benzene rings is 1. The zero-order valence-corrected chi connectivity index (χ0v) is 10.3. The van der Waals surface area contributed by atoms with Crippen LogP contribution in [0.3, 0.4) is 0 Å². The molecule has 1 aliphatic rings. The maximum Gasteiger partial charge on any atom is 0.337 e. The molecule has 1 aromatic carbocycles. The van der Waals surface area contributed by atoms with E-state index in [-0.39, 0.29) is 17.3 Å². The van der Waals surface area contributed by atoms with Gasteiger partial charge in [0.2, 0.25) is 0 Å². The Morgan fingerprint density at radius 2 is 2.17 bits per heavy atom. The summed E-state index contributed by atoms with van der Waals surface area (Å²) in [6, 6.07) is 3.81. The monoisotopic (exact) mass is 253 g/mol. The maximum absolute atomic E-state index is 13.7. The molecular formula is C13H16FNO3. The Labute approximate surface area is 104 Å². The van der Waals surface area contributed by atoms with E-state index in [0.29, 0.717) is 6.42 Å². The highest BCUT2D eigenvalue weighted by Crippen LogP contribution is 2.42. The van der Waals surface area contributed by atoms with Gasteiger partial charge < -0.3 is 15.5 Å². The lowest BCUT2D eigenvalue weighted by Gasteiger charge is -2.50. The number of aromatic carboxylic acids is 1. The highest BCUT2D eigenvalue weighted by molar-refractivity contribution is 5.94. The van der Waals surface area contributed by atoms with Crippen LogP contribution in [0, 0.1) is 11.2 Å². The molecule has 1 aliphatic carbocycles. The van der Waals surface area contributed by atoms with E-state index in [2.05, 4.69) is 5.32 Å². The van der Waals surface area contributed by atoms with Gasteiger partial charge in [-0.05, 0) is 18.6 Å². The van der Waals surface area contributed by atoms with Crippen LogP contribution in [0.5, 0.6) is 0 Å². The number of carboxylic acid groups (broad SMARTS) is 1. The highest BCUT2D eigenvalue weighted by atomic mass is 19.1. The molecule has 0 aliphatic heterocycles. The second-order valence-corrected chi connectivity index (χ2v) is 5.24. The molecule has 2 unspecified atom stereocenters. The van der Waals surface area contributed by atoms with Crippen molar-refractivity contribution in [2.24, 2.45) is 5.41 Å². The zero-order valence-electron chi connectivity index (χ0n) is 10.3. The first-order valence-electron chi connectivity index (χ1n) is 5.80. The number of carboxylic acids is 1. The molecule has 0 heterocycles. The number of carbonyl (C=O) groups is 1. The Kier molecular flexibility index (Phi) is 3.02. The lowest BCUT2D eigenvalue weighted by molar-refractivity contribution is -0.0511. The second-order valence-electron chi connectivity index (χ2n) is 5.24. The summed E-state index contributed by atoms with van der Waals surface area (Å²) in [6.07, 6.45) is 0.0375. The summed E-state index contributed by atoms with van der Waals surface area (Å²) >= 11 is 0.